The smallest absolute Gasteiger partial charge is 0.340 e. The fourth-order valence-corrected chi connectivity index (χ4v) is 3.26. The number of carbonyl (C=O) groups excluding carboxylic acids is 1. The Kier molecular flexibility index (Phi) is 6.39. The molecule has 2 aromatic carbocycles. The Morgan fingerprint density at radius 1 is 1.23 bits per heavy atom. The van der Waals surface area contributed by atoms with Gasteiger partial charge >= 0.3 is 5.97 Å². The Balaban J connectivity index is 2.35. The summed E-state index contributed by atoms with van der Waals surface area (Å²) >= 11 is 5.76. The maximum absolute atomic E-state index is 12.6. The molecule has 0 saturated carbocycles. The summed E-state index contributed by atoms with van der Waals surface area (Å²) in [4.78, 5) is 11.4. The number of sulfone groups is 1. The molecule has 0 fully saturated rings. The first-order valence-electron chi connectivity index (χ1n) is 7.53. The topological polar surface area (TPSA) is 96.3 Å². The molecule has 6 nitrogen and oxygen atoms in total. The summed E-state index contributed by atoms with van der Waals surface area (Å²) in [7, 11) is -4.02. The number of esters is 1. The van der Waals surface area contributed by atoms with Crippen LogP contribution in [0.2, 0.25) is 5.02 Å². The second-order valence-corrected chi connectivity index (χ2v) is 7.34. The summed E-state index contributed by atoms with van der Waals surface area (Å²) in [6.07, 6.45) is 1.04. The minimum atomic E-state index is -4.02. The van der Waals surface area contributed by atoms with E-state index in [9.17, 15) is 18.5 Å². The van der Waals surface area contributed by atoms with Gasteiger partial charge in [-0.2, -0.15) is 5.26 Å². The van der Waals surface area contributed by atoms with E-state index in [0.29, 0.717) is 10.7 Å². The van der Waals surface area contributed by atoms with Crippen LogP contribution in [0.15, 0.2) is 64.5 Å². The molecule has 0 bridgehead atoms. The van der Waals surface area contributed by atoms with Gasteiger partial charge in [0.2, 0.25) is 9.84 Å². The van der Waals surface area contributed by atoms with Crippen LogP contribution in [0, 0.1) is 11.3 Å². The summed E-state index contributed by atoms with van der Waals surface area (Å²) < 4.78 is 30.1. The van der Waals surface area contributed by atoms with Crippen LogP contribution in [0.1, 0.15) is 17.3 Å². The number of nitrogens with one attached hydrogen (secondary N) is 1. The second-order valence-electron chi connectivity index (χ2n) is 4.99. The Bertz CT molecular complexity index is 977. The summed E-state index contributed by atoms with van der Waals surface area (Å²) in [6.45, 7) is 1.89. The van der Waals surface area contributed by atoms with E-state index in [1.54, 1.807) is 31.2 Å². The monoisotopic (exact) mass is 390 g/mol. The number of para-hydroxylation sites is 1. The number of anilines is 1. The maximum Gasteiger partial charge on any atom is 0.340 e. The highest BCUT2D eigenvalue weighted by Gasteiger charge is 2.21. The molecule has 0 heterocycles. The Morgan fingerprint density at radius 2 is 1.88 bits per heavy atom. The molecule has 8 heteroatoms. The molecular formula is C18H15ClN2O4S. The molecule has 2 rings (SSSR count). The van der Waals surface area contributed by atoms with Crippen molar-refractivity contribution in [1.82, 2.24) is 0 Å². The fourth-order valence-electron chi connectivity index (χ4n) is 2.05. The van der Waals surface area contributed by atoms with Gasteiger partial charge in [-0.05, 0) is 43.3 Å². The van der Waals surface area contributed by atoms with Crippen molar-refractivity contribution in [3.8, 4) is 6.07 Å². The van der Waals surface area contributed by atoms with Gasteiger partial charge in [-0.25, -0.2) is 13.2 Å². The number of allylic oxidation sites excluding steroid dienone is 1. The van der Waals surface area contributed by atoms with Crippen molar-refractivity contribution in [2.24, 2.45) is 0 Å². The lowest BCUT2D eigenvalue weighted by Gasteiger charge is -2.09. The van der Waals surface area contributed by atoms with Crippen molar-refractivity contribution in [2.75, 3.05) is 11.9 Å². The van der Waals surface area contributed by atoms with E-state index in [2.05, 4.69) is 5.32 Å². The van der Waals surface area contributed by atoms with Crippen molar-refractivity contribution in [3.05, 3.63) is 70.2 Å². The minimum Gasteiger partial charge on any atom is -0.462 e. The van der Waals surface area contributed by atoms with Gasteiger partial charge in [0, 0.05) is 11.2 Å². The molecule has 0 aromatic heterocycles. The number of ether oxygens (including phenoxy) is 1. The highest BCUT2D eigenvalue weighted by atomic mass is 35.5. The van der Waals surface area contributed by atoms with E-state index in [-0.39, 0.29) is 17.1 Å². The molecule has 0 spiro atoms. The van der Waals surface area contributed by atoms with E-state index >= 15 is 0 Å². The predicted octanol–water partition coefficient (Wildman–Crippen LogP) is 3.77. The molecular weight excluding hydrogens is 376 g/mol. The van der Waals surface area contributed by atoms with Crippen molar-refractivity contribution < 1.29 is 17.9 Å². The van der Waals surface area contributed by atoms with Gasteiger partial charge in [-0.1, -0.05) is 23.7 Å². The van der Waals surface area contributed by atoms with Crippen LogP contribution >= 0.6 is 11.6 Å². The van der Waals surface area contributed by atoms with Gasteiger partial charge in [0.1, 0.15) is 6.07 Å². The first-order valence-corrected chi connectivity index (χ1v) is 9.40. The molecule has 0 aliphatic carbocycles. The number of hydrogen-bond acceptors (Lipinski definition) is 6. The number of benzene rings is 2. The SMILES string of the molecule is CCOC(=O)c1ccccc1NC=C(C#N)S(=O)(=O)c1ccc(Cl)cc1. The van der Waals surface area contributed by atoms with Crippen molar-refractivity contribution >= 4 is 33.1 Å². The summed E-state index contributed by atoms with van der Waals surface area (Å²) in [5.74, 6) is -0.553. The third-order valence-electron chi connectivity index (χ3n) is 3.30. The standard InChI is InChI=1S/C18H15ClN2O4S/c1-2-25-18(22)16-5-3-4-6-17(16)21-12-15(11-20)26(23,24)14-9-7-13(19)8-10-14/h3-10,12,21H,2H2,1H3. The highest BCUT2D eigenvalue weighted by Crippen LogP contribution is 2.22. The zero-order valence-electron chi connectivity index (χ0n) is 13.8. The van der Waals surface area contributed by atoms with Gasteiger partial charge in [0.25, 0.3) is 0 Å². The normalized spacial score (nSPS) is 11.5. The van der Waals surface area contributed by atoms with Gasteiger partial charge in [0.05, 0.1) is 22.8 Å². The van der Waals surface area contributed by atoms with Crippen LogP contribution in [0.5, 0.6) is 0 Å². The predicted molar refractivity (Wildman–Crippen MR) is 98.4 cm³/mol. The lowest BCUT2D eigenvalue weighted by molar-refractivity contribution is 0.0527. The van der Waals surface area contributed by atoms with Crippen LogP contribution in [0.3, 0.4) is 0 Å². The lowest BCUT2D eigenvalue weighted by Crippen LogP contribution is -2.09. The average molecular weight is 391 g/mol. The Morgan fingerprint density at radius 3 is 2.50 bits per heavy atom. The third-order valence-corrected chi connectivity index (χ3v) is 5.24. The molecule has 0 amide bonds. The number of hydrogen-bond donors (Lipinski definition) is 1. The van der Waals surface area contributed by atoms with E-state index in [1.165, 1.54) is 30.3 Å². The van der Waals surface area contributed by atoms with E-state index in [1.807, 2.05) is 0 Å². The zero-order valence-corrected chi connectivity index (χ0v) is 15.3. The molecule has 134 valence electrons. The number of nitriles is 1. The third kappa shape index (κ3) is 4.42. The molecule has 0 aliphatic heterocycles. The quantitative estimate of drug-likeness (QED) is 0.595. The zero-order chi connectivity index (χ0) is 19.2. The number of halogens is 1. The fraction of sp³-hybridized carbons (Fsp3) is 0.111. The molecule has 0 unspecified atom stereocenters. The van der Waals surface area contributed by atoms with Crippen LogP contribution in [-0.4, -0.2) is 21.0 Å². The summed E-state index contributed by atoms with van der Waals surface area (Å²) in [6, 6.07) is 13.6. The number of nitrogens with zero attached hydrogens (tertiary/aromatic N) is 1. The van der Waals surface area contributed by atoms with E-state index in [4.69, 9.17) is 16.3 Å². The number of carbonyl (C=O) groups is 1. The molecule has 0 atom stereocenters. The average Bonchev–Trinajstić information content (AvgIpc) is 2.63. The second kappa shape index (κ2) is 8.52. The van der Waals surface area contributed by atoms with Gasteiger partial charge in [0.15, 0.2) is 4.91 Å². The maximum atomic E-state index is 12.6. The highest BCUT2D eigenvalue weighted by molar-refractivity contribution is 7.95. The lowest BCUT2D eigenvalue weighted by atomic mass is 10.2. The molecule has 2 aromatic rings. The summed E-state index contributed by atoms with van der Waals surface area (Å²) in [5.41, 5.74) is 0.553. The van der Waals surface area contributed by atoms with Crippen molar-refractivity contribution in [3.63, 3.8) is 0 Å². The molecule has 0 aliphatic rings. The van der Waals surface area contributed by atoms with Crippen molar-refractivity contribution in [2.45, 2.75) is 11.8 Å². The largest absolute Gasteiger partial charge is 0.462 e. The first kappa shape index (κ1) is 19.5. The number of rotatable bonds is 6. The minimum absolute atomic E-state index is 0.0600. The molecule has 26 heavy (non-hydrogen) atoms. The van der Waals surface area contributed by atoms with Gasteiger partial charge in [-0.15, -0.1) is 0 Å². The van der Waals surface area contributed by atoms with Crippen LogP contribution in [-0.2, 0) is 14.6 Å². The molecule has 0 saturated heterocycles. The van der Waals surface area contributed by atoms with E-state index < -0.39 is 20.7 Å². The Hall–Kier alpha value is -2.82. The molecule has 0 radical (unpaired) electrons. The molecule has 1 N–H and O–H groups in total. The van der Waals surface area contributed by atoms with Crippen molar-refractivity contribution in [1.29, 1.82) is 5.26 Å². The first-order chi connectivity index (χ1) is 12.4. The van der Waals surface area contributed by atoms with Crippen LogP contribution < -0.4 is 5.32 Å². The Labute approximate surface area is 156 Å². The van der Waals surface area contributed by atoms with E-state index in [0.717, 1.165) is 6.20 Å². The van der Waals surface area contributed by atoms with Crippen LogP contribution in [0.4, 0.5) is 5.69 Å². The van der Waals surface area contributed by atoms with Gasteiger partial charge in [-0.3, -0.25) is 0 Å². The van der Waals surface area contributed by atoms with Crippen LogP contribution in [0.25, 0.3) is 0 Å². The summed E-state index contributed by atoms with van der Waals surface area (Å²) in [5, 5.41) is 12.3. The van der Waals surface area contributed by atoms with Gasteiger partial charge < -0.3 is 10.1 Å².